The molecule has 0 bridgehead atoms. The van der Waals surface area contributed by atoms with Gasteiger partial charge in [0.2, 0.25) is 5.88 Å². The van der Waals surface area contributed by atoms with Crippen LogP contribution in [0.25, 0.3) is 0 Å². The van der Waals surface area contributed by atoms with Crippen molar-refractivity contribution in [3.05, 3.63) is 58.7 Å². The lowest BCUT2D eigenvalue weighted by Crippen LogP contribution is -2.23. The third-order valence-corrected chi connectivity index (χ3v) is 4.40. The Labute approximate surface area is 155 Å². The molecule has 0 saturated carbocycles. The van der Waals surface area contributed by atoms with Crippen molar-refractivity contribution in [2.24, 2.45) is 0 Å². The number of rotatable bonds is 7. The molecule has 1 aromatic carbocycles. The fourth-order valence-electron chi connectivity index (χ4n) is 2.22. The second-order valence-electron chi connectivity index (χ2n) is 5.37. The molecular weight excluding hydrogens is 352 g/mol. The second-order valence-corrected chi connectivity index (χ2v) is 6.12. The number of nitrogens with zero attached hydrogens (tertiary/aromatic N) is 3. The summed E-state index contributed by atoms with van der Waals surface area (Å²) >= 11 is 1.11. The van der Waals surface area contributed by atoms with Gasteiger partial charge in [0.25, 0.3) is 5.91 Å². The van der Waals surface area contributed by atoms with Crippen LogP contribution < -0.4 is 14.8 Å². The third kappa shape index (κ3) is 4.34. The fourth-order valence-corrected chi connectivity index (χ4v) is 2.88. The van der Waals surface area contributed by atoms with Gasteiger partial charge in [-0.25, -0.2) is 4.98 Å². The van der Waals surface area contributed by atoms with E-state index in [1.807, 2.05) is 37.3 Å². The highest BCUT2D eigenvalue weighted by Crippen LogP contribution is 2.22. The highest BCUT2D eigenvalue weighted by Gasteiger charge is 2.14. The van der Waals surface area contributed by atoms with E-state index in [1.54, 1.807) is 19.4 Å². The Morgan fingerprint density at radius 1 is 1.15 bits per heavy atom. The van der Waals surface area contributed by atoms with Crippen LogP contribution in [0.2, 0.25) is 0 Å². The largest absolute Gasteiger partial charge is 0.497 e. The van der Waals surface area contributed by atoms with Crippen molar-refractivity contribution in [3.8, 4) is 17.4 Å². The molecule has 3 aromatic rings. The summed E-state index contributed by atoms with van der Waals surface area (Å²) in [5.74, 6) is 1.74. The monoisotopic (exact) mass is 370 g/mol. The van der Waals surface area contributed by atoms with E-state index in [1.165, 1.54) is 0 Å². The van der Waals surface area contributed by atoms with Crippen LogP contribution in [0.3, 0.4) is 0 Å². The van der Waals surface area contributed by atoms with Gasteiger partial charge in [-0.1, -0.05) is 17.5 Å². The molecule has 2 aromatic heterocycles. The average molecular weight is 370 g/mol. The first kappa shape index (κ1) is 17.8. The molecule has 1 amide bonds. The zero-order valence-corrected chi connectivity index (χ0v) is 15.2. The summed E-state index contributed by atoms with van der Waals surface area (Å²) < 4.78 is 14.6. The van der Waals surface area contributed by atoms with Crippen LogP contribution in [-0.4, -0.2) is 27.6 Å². The standard InChI is InChI=1S/C18H18N4O3S/c1-3-15-17(26-22-21-15)18(23)20-11-12-4-9-16(19-10-12)25-14-7-5-13(24-2)6-8-14/h4-10H,3,11H2,1-2H3,(H,20,23). The molecular formula is C18H18N4O3S. The minimum atomic E-state index is -0.171. The van der Waals surface area contributed by atoms with E-state index in [0.717, 1.165) is 22.8 Å². The molecule has 0 aliphatic heterocycles. The predicted molar refractivity (Wildman–Crippen MR) is 97.8 cm³/mol. The molecule has 2 heterocycles. The number of aromatic nitrogens is 3. The van der Waals surface area contributed by atoms with E-state index >= 15 is 0 Å². The summed E-state index contributed by atoms with van der Waals surface area (Å²) in [5, 5.41) is 6.80. The van der Waals surface area contributed by atoms with Crippen molar-refractivity contribution < 1.29 is 14.3 Å². The van der Waals surface area contributed by atoms with Crippen LogP contribution in [0.1, 0.15) is 27.9 Å². The lowest BCUT2D eigenvalue weighted by Gasteiger charge is -2.07. The number of ether oxygens (including phenoxy) is 2. The number of benzene rings is 1. The minimum absolute atomic E-state index is 0.171. The average Bonchev–Trinajstić information content (AvgIpc) is 3.17. The maximum absolute atomic E-state index is 12.2. The van der Waals surface area contributed by atoms with E-state index in [4.69, 9.17) is 9.47 Å². The van der Waals surface area contributed by atoms with Gasteiger partial charge in [-0.05, 0) is 47.8 Å². The lowest BCUT2D eigenvalue weighted by molar-refractivity contribution is 0.0954. The molecule has 1 N–H and O–H groups in total. The van der Waals surface area contributed by atoms with Crippen molar-refractivity contribution in [1.82, 2.24) is 19.9 Å². The second kappa shape index (κ2) is 8.39. The zero-order valence-electron chi connectivity index (χ0n) is 14.4. The summed E-state index contributed by atoms with van der Waals surface area (Å²) in [4.78, 5) is 17.0. The number of nitrogens with one attached hydrogen (secondary N) is 1. The Bertz CT molecular complexity index is 863. The first-order valence-corrected chi connectivity index (χ1v) is 8.83. The Kier molecular flexibility index (Phi) is 5.75. The van der Waals surface area contributed by atoms with Gasteiger partial charge in [-0.3, -0.25) is 4.79 Å². The normalized spacial score (nSPS) is 10.4. The van der Waals surface area contributed by atoms with E-state index < -0.39 is 0 Å². The van der Waals surface area contributed by atoms with E-state index in [9.17, 15) is 4.79 Å². The summed E-state index contributed by atoms with van der Waals surface area (Å²) in [5.41, 5.74) is 1.59. The van der Waals surface area contributed by atoms with Crippen molar-refractivity contribution in [1.29, 1.82) is 0 Å². The van der Waals surface area contributed by atoms with Gasteiger partial charge in [0, 0.05) is 18.8 Å². The van der Waals surface area contributed by atoms with Crippen molar-refractivity contribution in [2.45, 2.75) is 19.9 Å². The van der Waals surface area contributed by atoms with Gasteiger partial charge in [-0.15, -0.1) is 5.10 Å². The first-order chi connectivity index (χ1) is 12.7. The Morgan fingerprint density at radius 2 is 1.92 bits per heavy atom. The van der Waals surface area contributed by atoms with Crippen LogP contribution >= 0.6 is 11.5 Å². The Balaban J connectivity index is 1.56. The predicted octanol–water partition coefficient (Wildman–Crippen LogP) is 3.23. The number of aryl methyl sites for hydroxylation is 1. The van der Waals surface area contributed by atoms with Gasteiger partial charge in [-0.2, -0.15) is 0 Å². The number of amides is 1. The van der Waals surface area contributed by atoms with Gasteiger partial charge in [0.15, 0.2) is 0 Å². The van der Waals surface area contributed by atoms with Crippen molar-refractivity contribution in [2.75, 3.05) is 7.11 Å². The van der Waals surface area contributed by atoms with E-state index in [2.05, 4.69) is 19.9 Å². The molecule has 0 fully saturated rings. The molecule has 0 unspecified atom stereocenters. The molecule has 0 saturated heterocycles. The van der Waals surface area contributed by atoms with Gasteiger partial charge < -0.3 is 14.8 Å². The summed E-state index contributed by atoms with van der Waals surface area (Å²) in [7, 11) is 1.61. The van der Waals surface area contributed by atoms with E-state index in [0.29, 0.717) is 35.2 Å². The highest BCUT2D eigenvalue weighted by molar-refractivity contribution is 7.08. The van der Waals surface area contributed by atoms with Gasteiger partial charge >= 0.3 is 0 Å². The Morgan fingerprint density at radius 3 is 2.58 bits per heavy atom. The zero-order chi connectivity index (χ0) is 18.4. The summed E-state index contributed by atoms with van der Waals surface area (Å²) in [6.07, 6.45) is 2.35. The van der Waals surface area contributed by atoms with Gasteiger partial charge in [0.1, 0.15) is 16.4 Å². The molecule has 0 spiro atoms. The number of carbonyl (C=O) groups excluding carboxylic acids is 1. The molecule has 0 aliphatic carbocycles. The number of pyridine rings is 1. The van der Waals surface area contributed by atoms with Crippen LogP contribution in [0.4, 0.5) is 0 Å². The number of hydrogen-bond donors (Lipinski definition) is 1. The number of methoxy groups -OCH3 is 1. The first-order valence-electron chi connectivity index (χ1n) is 8.06. The fraction of sp³-hybridized carbons (Fsp3) is 0.222. The van der Waals surface area contributed by atoms with Crippen molar-refractivity contribution in [3.63, 3.8) is 0 Å². The molecule has 3 rings (SSSR count). The van der Waals surface area contributed by atoms with Gasteiger partial charge in [0.05, 0.1) is 12.8 Å². The quantitative estimate of drug-likeness (QED) is 0.687. The summed E-state index contributed by atoms with van der Waals surface area (Å²) in [6, 6.07) is 10.9. The third-order valence-electron chi connectivity index (χ3n) is 3.63. The number of hydrogen-bond acceptors (Lipinski definition) is 7. The maximum Gasteiger partial charge on any atom is 0.265 e. The highest BCUT2D eigenvalue weighted by atomic mass is 32.1. The molecule has 0 radical (unpaired) electrons. The Hall–Kier alpha value is -3.00. The van der Waals surface area contributed by atoms with Crippen LogP contribution in [0.5, 0.6) is 17.4 Å². The van der Waals surface area contributed by atoms with Crippen LogP contribution in [-0.2, 0) is 13.0 Å². The SMILES string of the molecule is CCc1nnsc1C(=O)NCc1ccc(Oc2ccc(OC)cc2)nc1. The molecule has 0 atom stereocenters. The molecule has 134 valence electrons. The van der Waals surface area contributed by atoms with Crippen LogP contribution in [0.15, 0.2) is 42.6 Å². The molecule has 7 nitrogen and oxygen atoms in total. The molecule has 26 heavy (non-hydrogen) atoms. The summed E-state index contributed by atoms with van der Waals surface area (Å²) in [6.45, 7) is 2.31. The van der Waals surface area contributed by atoms with E-state index in [-0.39, 0.29) is 5.91 Å². The molecule has 0 aliphatic rings. The lowest BCUT2D eigenvalue weighted by atomic mass is 10.2. The smallest absolute Gasteiger partial charge is 0.265 e. The topological polar surface area (TPSA) is 86.2 Å². The van der Waals surface area contributed by atoms with Crippen molar-refractivity contribution >= 4 is 17.4 Å². The maximum atomic E-state index is 12.2. The minimum Gasteiger partial charge on any atom is -0.497 e. The number of carbonyl (C=O) groups is 1. The van der Waals surface area contributed by atoms with Crippen LogP contribution in [0, 0.1) is 0 Å². The molecule has 8 heteroatoms.